The van der Waals surface area contributed by atoms with Crippen LogP contribution in [0, 0.1) is 0 Å². The molecule has 0 aliphatic heterocycles. The molecule has 0 aliphatic rings. The lowest BCUT2D eigenvalue weighted by molar-refractivity contribution is 0.107. The second kappa shape index (κ2) is 18.8. The van der Waals surface area contributed by atoms with Gasteiger partial charge >= 0.3 is 9.53 Å². The Balaban J connectivity index is 0. The van der Waals surface area contributed by atoms with Crippen LogP contribution in [-0.2, 0) is 13.3 Å². The van der Waals surface area contributed by atoms with Crippen molar-refractivity contribution in [3.63, 3.8) is 0 Å². The van der Waals surface area contributed by atoms with E-state index >= 15 is 0 Å². The van der Waals surface area contributed by atoms with Gasteiger partial charge < -0.3 is 13.3 Å². The van der Waals surface area contributed by atoms with E-state index in [1.54, 1.807) is 0 Å². The first kappa shape index (κ1) is 19.8. The molecule has 0 N–H and O–H groups in total. The van der Waals surface area contributed by atoms with E-state index in [2.05, 4.69) is 19.6 Å². The van der Waals surface area contributed by atoms with Crippen LogP contribution in [0.1, 0.15) is 53.4 Å². The molecule has 0 radical (unpaired) electrons. The van der Waals surface area contributed by atoms with Crippen LogP contribution in [0.5, 0.6) is 0 Å². The minimum absolute atomic E-state index is 0.677. The summed E-state index contributed by atoms with van der Waals surface area (Å²) in [5.74, 6) is 1.06. The normalized spacial score (nSPS) is 10.2. The van der Waals surface area contributed by atoms with Crippen molar-refractivity contribution in [3.8, 4) is 0 Å². The molecule has 0 aromatic carbocycles. The quantitative estimate of drug-likeness (QED) is 0.378. The third-order valence-corrected chi connectivity index (χ3v) is 4.05. The summed E-state index contributed by atoms with van der Waals surface area (Å²) in [6, 6.07) is 0. The number of hydrogen-bond acceptors (Lipinski definition) is 4. The Bertz CT molecular complexity index is 110. The summed E-state index contributed by atoms with van der Waals surface area (Å²) in [5, 5.41) is 0. The van der Waals surface area contributed by atoms with E-state index in [1.165, 1.54) is 25.7 Å². The fourth-order valence-electron chi connectivity index (χ4n) is 1.09. The molecule has 0 aliphatic carbocycles. The number of unbranched alkanes of at least 4 members (excludes halogenated alkanes) is 3. The standard InChI is InChI=1S/C6H16O3Si.C6H14S/c1-4-7-10(8-5-2)9-6-3;1-2-3-4-5-6-7/h10H,4-6H2,1-3H3;7H,2-6H2,1H3. The third-order valence-electron chi connectivity index (χ3n) is 1.92. The molecule has 0 spiro atoms. The van der Waals surface area contributed by atoms with Crippen molar-refractivity contribution in [2.75, 3.05) is 25.6 Å². The lowest BCUT2D eigenvalue weighted by atomic mass is 10.2. The van der Waals surface area contributed by atoms with Crippen molar-refractivity contribution >= 4 is 22.2 Å². The predicted octanol–water partition coefficient (Wildman–Crippen LogP) is 3.31. The van der Waals surface area contributed by atoms with Crippen LogP contribution in [0.15, 0.2) is 0 Å². The van der Waals surface area contributed by atoms with Crippen LogP contribution in [-0.4, -0.2) is 35.1 Å². The average molecular weight is 283 g/mol. The van der Waals surface area contributed by atoms with Gasteiger partial charge in [0.15, 0.2) is 0 Å². The minimum Gasteiger partial charge on any atom is -0.376 e. The van der Waals surface area contributed by atoms with Gasteiger partial charge in [0.25, 0.3) is 0 Å². The van der Waals surface area contributed by atoms with Crippen molar-refractivity contribution in [2.45, 2.75) is 53.4 Å². The van der Waals surface area contributed by atoms with Crippen LogP contribution in [0.2, 0.25) is 0 Å². The highest BCUT2D eigenvalue weighted by Gasteiger charge is 2.11. The van der Waals surface area contributed by atoms with Crippen molar-refractivity contribution in [3.05, 3.63) is 0 Å². The summed E-state index contributed by atoms with van der Waals surface area (Å²) in [5.41, 5.74) is 0. The molecule has 0 bridgehead atoms. The van der Waals surface area contributed by atoms with Crippen LogP contribution in [0.4, 0.5) is 0 Å². The van der Waals surface area contributed by atoms with Gasteiger partial charge in [0.1, 0.15) is 0 Å². The van der Waals surface area contributed by atoms with Gasteiger partial charge in [-0.1, -0.05) is 26.2 Å². The fraction of sp³-hybridized carbons (Fsp3) is 1.00. The van der Waals surface area contributed by atoms with Gasteiger partial charge in [0, 0.05) is 19.8 Å². The summed E-state index contributed by atoms with van der Waals surface area (Å²) in [7, 11) is -1.73. The topological polar surface area (TPSA) is 27.7 Å². The number of thiol groups is 1. The number of rotatable bonds is 10. The highest BCUT2D eigenvalue weighted by Crippen LogP contribution is 1.98. The van der Waals surface area contributed by atoms with E-state index in [0.29, 0.717) is 19.8 Å². The van der Waals surface area contributed by atoms with Crippen LogP contribution in [0.25, 0.3) is 0 Å². The Morgan fingerprint density at radius 2 is 1.24 bits per heavy atom. The third kappa shape index (κ3) is 19.0. The molecule has 0 saturated carbocycles. The van der Waals surface area contributed by atoms with Crippen LogP contribution in [0.3, 0.4) is 0 Å². The maximum absolute atomic E-state index is 5.22. The summed E-state index contributed by atoms with van der Waals surface area (Å²) in [6.45, 7) is 10.1. The smallest absolute Gasteiger partial charge is 0.376 e. The molecule has 0 aromatic heterocycles. The maximum atomic E-state index is 5.22. The van der Waals surface area contributed by atoms with Crippen LogP contribution >= 0.6 is 12.6 Å². The van der Waals surface area contributed by atoms with E-state index in [9.17, 15) is 0 Å². The molecule has 0 rings (SSSR count). The predicted molar refractivity (Wildman–Crippen MR) is 80.0 cm³/mol. The van der Waals surface area contributed by atoms with Gasteiger partial charge in [-0.05, 0) is 32.9 Å². The molecule has 0 heterocycles. The van der Waals surface area contributed by atoms with Crippen molar-refractivity contribution < 1.29 is 13.3 Å². The average Bonchev–Trinajstić information content (AvgIpc) is 2.32. The lowest BCUT2D eigenvalue weighted by Gasteiger charge is -2.12. The molecule has 5 heteroatoms. The zero-order valence-electron chi connectivity index (χ0n) is 11.9. The molecule has 106 valence electrons. The molecule has 0 saturated heterocycles. The van der Waals surface area contributed by atoms with Crippen molar-refractivity contribution in [1.29, 1.82) is 0 Å². The summed E-state index contributed by atoms with van der Waals surface area (Å²) < 4.78 is 15.7. The van der Waals surface area contributed by atoms with Gasteiger partial charge in [0.05, 0.1) is 0 Å². The Kier molecular flexibility index (Phi) is 21.9. The highest BCUT2D eigenvalue weighted by molar-refractivity contribution is 7.80. The second-order valence-electron chi connectivity index (χ2n) is 3.44. The molecule has 0 aromatic rings. The minimum atomic E-state index is -1.73. The monoisotopic (exact) mass is 282 g/mol. The molecular weight excluding hydrogens is 252 g/mol. The second-order valence-corrected chi connectivity index (χ2v) is 5.46. The van der Waals surface area contributed by atoms with Gasteiger partial charge in [-0.15, -0.1) is 0 Å². The largest absolute Gasteiger partial charge is 0.484 e. The van der Waals surface area contributed by atoms with Crippen molar-refractivity contribution in [1.82, 2.24) is 0 Å². The van der Waals surface area contributed by atoms with Gasteiger partial charge in [-0.3, -0.25) is 0 Å². The fourth-order valence-corrected chi connectivity index (χ4v) is 2.42. The highest BCUT2D eigenvalue weighted by atomic mass is 32.1. The first-order valence-electron chi connectivity index (χ1n) is 6.72. The first-order chi connectivity index (χ1) is 8.26. The van der Waals surface area contributed by atoms with Crippen molar-refractivity contribution in [2.24, 2.45) is 0 Å². The lowest BCUT2D eigenvalue weighted by Crippen LogP contribution is -2.27. The zero-order valence-corrected chi connectivity index (χ0v) is 14.0. The zero-order chi connectivity index (χ0) is 13.4. The van der Waals surface area contributed by atoms with E-state index in [1.807, 2.05) is 20.8 Å². The Labute approximate surface area is 115 Å². The first-order valence-corrected chi connectivity index (χ1v) is 8.76. The SMILES string of the molecule is CCCCCCS.CCO[SiH](OCC)OCC. The Morgan fingerprint density at radius 3 is 1.53 bits per heavy atom. The molecule has 0 amide bonds. The van der Waals surface area contributed by atoms with Gasteiger partial charge in [0.2, 0.25) is 0 Å². The Hall–Kier alpha value is 0.447. The van der Waals surface area contributed by atoms with E-state index < -0.39 is 9.53 Å². The van der Waals surface area contributed by atoms with Crippen LogP contribution < -0.4 is 0 Å². The molecule has 0 fully saturated rings. The van der Waals surface area contributed by atoms with Gasteiger partial charge in [-0.2, -0.15) is 12.6 Å². The van der Waals surface area contributed by atoms with E-state index in [0.717, 1.165) is 5.75 Å². The molecular formula is C12H30O3SSi. The molecule has 3 nitrogen and oxygen atoms in total. The number of hydrogen-bond donors (Lipinski definition) is 1. The summed E-state index contributed by atoms with van der Waals surface area (Å²) in [4.78, 5) is 0. The molecule has 0 atom stereocenters. The van der Waals surface area contributed by atoms with Gasteiger partial charge in [-0.25, -0.2) is 0 Å². The molecule has 17 heavy (non-hydrogen) atoms. The molecule has 0 unspecified atom stereocenters. The summed E-state index contributed by atoms with van der Waals surface area (Å²) in [6.07, 6.45) is 5.35. The van der Waals surface area contributed by atoms with E-state index in [-0.39, 0.29) is 0 Å². The summed E-state index contributed by atoms with van der Waals surface area (Å²) >= 11 is 4.09. The maximum Gasteiger partial charge on any atom is 0.484 e. The Morgan fingerprint density at radius 1 is 0.765 bits per heavy atom. The van der Waals surface area contributed by atoms with E-state index in [4.69, 9.17) is 13.3 Å².